The van der Waals surface area contributed by atoms with Gasteiger partial charge < -0.3 is 5.43 Å². The van der Waals surface area contributed by atoms with Crippen LogP contribution in [0.5, 0.6) is 0 Å². The minimum absolute atomic E-state index is 0.382. The van der Waals surface area contributed by atoms with E-state index in [9.17, 15) is 0 Å². The summed E-state index contributed by atoms with van der Waals surface area (Å²) < 4.78 is 1.70. The third-order valence-electron chi connectivity index (χ3n) is 1.93. The summed E-state index contributed by atoms with van der Waals surface area (Å²) in [6.45, 7) is 0. The van der Waals surface area contributed by atoms with Crippen LogP contribution in [-0.2, 0) is 7.05 Å². The van der Waals surface area contributed by atoms with Gasteiger partial charge >= 0.3 is 0 Å². The molecule has 8 heteroatoms. The van der Waals surface area contributed by atoms with Crippen LogP contribution in [-0.4, -0.2) is 14.8 Å². The van der Waals surface area contributed by atoms with Crippen molar-refractivity contribution in [2.75, 3.05) is 5.43 Å². The molecule has 0 aromatic carbocycles. The Kier molecular flexibility index (Phi) is 3.78. The summed E-state index contributed by atoms with van der Waals surface area (Å²) in [5, 5.41) is 5.54. The summed E-state index contributed by atoms with van der Waals surface area (Å²) >= 11 is 13.3. The summed E-state index contributed by atoms with van der Waals surface area (Å²) in [7, 11) is 1.84. The number of pyridine rings is 1. The van der Waals surface area contributed by atoms with Crippen molar-refractivity contribution in [3.8, 4) is 0 Å². The summed E-state index contributed by atoms with van der Waals surface area (Å²) in [5.74, 6) is 5.69. The van der Waals surface area contributed by atoms with Gasteiger partial charge in [0, 0.05) is 13.2 Å². The van der Waals surface area contributed by atoms with Crippen molar-refractivity contribution in [3.05, 3.63) is 28.5 Å². The van der Waals surface area contributed by atoms with Crippen molar-refractivity contribution in [1.29, 1.82) is 0 Å². The predicted molar refractivity (Wildman–Crippen MR) is 69.4 cm³/mol. The summed E-state index contributed by atoms with van der Waals surface area (Å²) in [4.78, 5) is 5.16. The van der Waals surface area contributed by atoms with E-state index in [1.807, 2.05) is 13.2 Å². The third kappa shape index (κ3) is 2.84. The number of nitrogens with zero attached hydrogens (tertiary/aromatic N) is 3. The number of nitrogen functional groups attached to an aromatic ring is 1. The largest absolute Gasteiger partial charge is 0.307 e. The number of nitrogens with one attached hydrogen (secondary N) is 1. The van der Waals surface area contributed by atoms with Gasteiger partial charge in [0.25, 0.3) is 0 Å². The number of aryl methyl sites for hydroxylation is 1. The van der Waals surface area contributed by atoms with Crippen LogP contribution >= 0.6 is 35.0 Å². The van der Waals surface area contributed by atoms with E-state index in [1.165, 1.54) is 11.8 Å². The Morgan fingerprint density at radius 1 is 1.41 bits per heavy atom. The van der Waals surface area contributed by atoms with Crippen LogP contribution in [0.2, 0.25) is 10.0 Å². The molecule has 90 valence electrons. The average Bonchev–Trinajstić information content (AvgIpc) is 2.68. The van der Waals surface area contributed by atoms with Gasteiger partial charge in [0.1, 0.15) is 5.03 Å². The lowest BCUT2D eigenvalue weighted by atomic mass is 10.4. The van der Waals surface area contributed by atoms with E-state index < -0.39 is 0 Å². The van der Waals surface area contributed by atoms with Crippen molar-refractivity contribution in [2.45, 2.75) is 9.92 Å². The van der Waals surface area contributed by atoms with Crippen LogP contribution in [0.4, 0.5) is 5.82 Å². The van der Waals surface area contributed by atoms with Gasteiger partial charge in [-0.25, -0.2) is 10.8 Å². The summed E-state index contributed by atoms with van der Waals surface area (Å²) in [6, 6.07) is 1.60. The molecule has 0 radical (unpaired) electrons. The number of rotatable bonds is 3. The molecule has 17 heavy (non-hydrogen) atoms. The second-order valence-electron chi connectivity index (χ2n) is 3.20. The Labute approximate surface area is 112 Å². The fourth-order valence-electron chi connectivity index (χ4n) is 1.19. The maximum atomic E-state index is 6.05. The highest BCUT2D eigenvalue weighted by Crippen LogP contribution is 2.35. The van der Waals surface area contributed by atoms with Gasteiger partial charge in [0.05, 0.1) is 21.1 Å². The summed E-state index contributed by atoms with van der Waals surface area (Å²) in [6.07, 6.45) is 3.60. The molecule has 2 rings (SSSR count). The first-order chi connectivity index (χ1) is 8.10. The van der Waals surface area contributed by atoms with Crippen molar-refractivity contribution in [3.63, 3.8) is 0 Å². The second kappa shape index (κ2) is 5.14. The van der Waals surface area contributed by atoms with E-state index in [4.69, 9.17) is 29.0 Å². The lowest BCUT2D eigenvalue weighted by molar-refractivity contribution is 0.766. The first-order valence-electron chi connectivity index (χ1n) is 4.59. The fraction of sp³-hybridized carbons (Fsp3) is 0.111. The Hall–Kier alpha value is -0.950. The molecule has 0 atom stereocenters. The third-order valence-corrected chi connectivity index (χ3v) is 3.57. The molecule has 0 aliphatic heterocycles. The van der Waals surface area contributed by atoms with Gasteiger partial charge in [-0.15, -0.1) is 0 Å². The molecule has 2 heterocycles. The molecule has 0 bridgehead atoms. The zero-order chi connectivity index (χ0) is 12.4. The van der Waals surface area contributed by atoms with Crippen molar-refractivity contribution in [1.82, 2.24) is 14.8 Å². The molecule has 3 N–H and O–H groups in total. The Morgan fingerprint density at radius 2 is 2.18 bits per heavy atom. The molecule has 0 amide bonds. The van der Waals surface area contributed by atoms with Crippen LogP contribution in [0.3, 0.4) is 0 Å². The Morgan fingerprint density at radius 3 is 2.76 bits per heavy atom. The second-order valence-corrected chi connectivity index (χ2v) is 5.08. The lowest BCUT2D eigenvalue weighted by Crippen LogP contribution is -2.09. The normalized spacial score (nSPS) is 10.6. The molecular weight excluding hydrogens is 281 g/mol. The predicted octanol–water partition coefficient (Wildman–Crippen LogP) is 2.56. The Balaban J connectivity index is 2.32. The molecule has 0 saturated heterocycles. The first kappa shape index (κ1) is 12.5. The van der Waals surface area contributed by atoms with Crippen molar-refractivity contribution < 1.29 is 0 Å². The zero-order valence-electron chi connectivity index (χ0n) is 8.82. The fourth-order valence-corrected chi connectivity index (χ4v) is 2.54. The average molecular weight is 290 g/mol. The van der Waals surface area contributed by atoms with Crippen LogP contribution in [0.15, 0.2) is 28.4 Å². The van der Waals surface area contributed by atoms with Crippen molar-refractivity contribution in [2.24, 2.45) is 12.9 Å². The van der Waals surface area contributed by atoms with Gasteiger partial charge in [-0.2, -0.15) is 5.10 Å². The van der Waals surface area contributed by atoms with E-state index in [0.717, 1.165) is 4.90 Å². The number of hydrazine groups is 1. The maximum Gasteiger partial charge on any atom is 0.160 e. The van der Waals surface area contributed by atoms with Gasteiger partial charge in [0.15, 0.2) is 5.82 Å². The summed E-state index contributed by atoms with van der Waals surface area (Å²) in [5.41, 5.74) is 2.42. The van der Waals surface area contributed by atoms with Crippen LogP contribution in [0.25, 0.3) is 0 Å². The molecule has 0 unspecified atom stereocenters. The highest BCUT2D eigenvalue weighted by Gasteiger charge is 2.10. The topological polar surface area (TPSA) is 68.8 Å². The number of halogens is 2. The molecule has 2 aromatic rings. The van der Waals surface area contributed by atoms with E-state index in [1.54, 1.807) is 16.9 Å². The molecule has 0 saturated carbocycles. The van der Waals surface area contributed by atoms with Gasteiger partial charge in [-0.05, 0) is 6.07 Å². The number of nitrogens with two attached hydrogens (primary N) is 1. The highest BCUT2D eigenvalue weighted by atomic mass is 35.5. The van der Waals surface area contributed by atoms with E-state index >= 15 is 0 Å². The first-order valence-corrected chi connectivity index (χ1v) is 6.16. The molecule has 0 fully saturated rings. The zero-order valence-corrected chi connectivity index (χ0v) is 11.1. The minimum atomic E-state index is 0.382. The number of hydrogen-bond donors (Lipinski definition) is 2. The van der Waals surface area contributed by atoms with Gasteiger partial charge in [0.2, 0.25) is 0 Å². The maximum absolute atomic E-state index is 6.05. The van der Waals surface area contributed by atoms with Gasteiger partial charge in [-0.1, -0.05) is 35.0 Å². The number of hydrogen-bond acceptors (Lipinski definition) is 5. The van der Waals surface area contributed by atoms with E-state index in [-0.39, 0.29) is 0 Å². The minimum Gasteiger partial charge on any atom is -0.307 e. The van der Waals surface area contributed by atoms with E-state index in [2.05, 4.69) is 15.5 Å². The monoisotopic (exact) mass is 289 g/mol. The van der Waals surface area contributed by atoms with Crippen LogP contribution in [0.1, 0.15) is 0 Å². The molecule has 2 aromatic heterocycles. The van der Waals surface area contributed by atoms with Crippen LogP contribution < -0.4 is 11.3 Å². The SMILES string of the molecule is Cn1cc(Sc2nc(NN)c(Cl)cc2Cl)cn1. The van der Waals surface area contributed by atoms with Crippen molar-refractivity contribution >= 4 is 40.8 Å². The molecule has 0 aliphatic rings. The molecular formula is C9H9Cl2N5S. The lowest BCUT2D eigenvalue weighted by Gasteiger charge is -2.06. The molecule has 5 nitrogen and oxygen atoms in total. The highest BCUT2D eigenvalue weighted by molar-refractivity contribution is 7.99. The standard InChI is InChI=1S/C9H9Cl2N5S/c1-16-4-5(3-13-16)17-9-7(11)2-6(10)8(14-9)15-12/h2-4H,12H2,1H3,(H,14,15). The smallest absolute Gasteiger partial charge is 0.160 e. The molecule has 0 spiro atoms. The van der Waals surface area contributed by atoms with Gasteiger partial charge in [-0.3, -0.25) is 4.68 Å². The number of aromatic nitrogens is 3. The van der Waals surface area contributed by atoms with Crippen LogP contribution in [0, 0.1) is 0 Å². The number of anilines is 1. The quantitative estimate of drug-likeness (QED) is 0.671. The Bertz CT molecular complexity index is 542. The van der Waals surface area contributed by atoms with E-state index in [0.29, 0.717) is 20.9 Å². The molecule has 0 aliphatic carbocycles.